The molecule has 0 aliphatic carbocycles. The minimum atomic E-state index is -4.36. The van der Waals surface area contributed by atoms with Crippen LogP contribution in [-0.2, 0) is 11.3 Å². The first-order chi connectivity index (χ1) is 12.6. The lowest BCUT2D eigenvalue weighted by Gasteiger charge is -2.18. The second-order valence-corrected chi connectivity index (χ2v) is 6.90. The molecule has 0 spiro atoms. The molecule has 144 valence electrons. The number of halogens is 3. The summed E-state index contributed by atoms with van der Waals surface area (Å²) in [6.45, 7) is 7.31. The zero-order chi connectivity index (χ0) is 20.2. The fourth-order valence-electron chi connectivity index (χ4n) is 3.05. The monoisotopic (exact) mass is 375 g/mol. The van der Waals surface area contributed by atoms with Crippen LogP contribution in [-0.4, -0.2) is 12.1 Å². The minimum absolute atomic E-state index is 0.125. The number of carbonyl (C=O) groups is 1. The van der Waals surface area contributed by atoms with Gasteiger partial charge in [0.1, 0.15) is 0 Å². The minimum Gasteiger partial charge on any atom is -0.352 e. The van der Waals surface area contributed by atoms with Crippen molar-refractivity contribution in [2.75, 3.05) is 0 Å². The van der Waals surface area contributed by atoms with Gasteiger partial charge in [0, 0.05) is 13.5 Å². The van der Waals surface area contributed by atoms with Gasteiger partial charge in [-0.2, -0.15) is 13.2 Å². The van der Waals surface area contributed by atoms with Gasteiger partial charge in [0.05, 0.1) is 5.92 Å². The molecule has 1 N–H and O–H groups in total. The van der Waals surface area contributed by atoms with Crippen LogP contribution in [0.15, 0.2) is 42.5 Å². The fourth-order valence-corrected chi connectivity index (χ4v) is 3.05. The van der Waals surface area contributed by atoms with Crippen molar-refractivity contribution in [3.05, 3.63) is 75.9 Å². The number of alkyl halides is 3. The van der Waals surface area contributed by atoms with Crippen LogP contribution in [0.2, 0.25) is 0 Å². The first kappa shape index (κ1) is 20.7. The highest BCUT2D eigenvalue weighted by Crippen LogP contribution is 2.37. The molecule has 2 nitrogen and oxygen atoms in total. The predicted molar refractivity (Wildman–Crippen MR) is 102 cm³/mol. The van der Waals surface area contributed by atoms with E-state index in [1.165, 1.54) is 19.1 Å². The summed E-state index contributed by atoms with van der Waals surface area (Å²) in [5.41, 5.74) is 4.41. The summed E-state index contributed by atoms with van der Waals surface area (Å²) in [6.07, 6.45) is -1.65. The Labute approximate surface area is 158 Å². The third kappa shape index (κ3) is 5.98. The van der Waals surface area contributed by atoms with Crippen LogP contribution in [0.25, 0.3) is 6.08 Å². The van der Waals surface area contributed by atoms with Crippen LogP contribution in [0.5, 0.6) is 0 Å². The Bertz CT molecular complexity index is 833. The van der Waals surface area contributed by atoms with Crippen molar-refractivity contribution in [2.24, 2.45) is 0 Å². The van der Waals surface area contributed by atoms with Crippen molar-refractivity contribution >= 4 is 12.0 Å². The summed E-state index contributed by atoms with van der Waals surface area (Å²) in [5.74, 6) is -1.78. The van der Waals surface area contributed by atoms with Crippen molar-refractivity contribution in [1.82, 2.24) is 5.32 Å². The Morgan fingerprint density at radius 1 is 1.07 bits per heavy atom. The Hall–Kier alpha value is -2.56. The Morgan fingerprint density at radius 2 is 1.70 bits per heavy atom. The summed E-state index contributed by atoms with van der Waals surface area (Å²) in [6, 6.07) is 10.4. The first-order valence-electron chi connectivity index (χ1n) is 8.73. The van der Waals surface area contributed by atoms with Crippen LogP contribution in [0.1, 0.15) is 46.2 Å². The number of nitrogens with one attached hydrogen (secondary N) is 1. The molecular weight excluding hydrogens is 351 g/mol. The number of carbonyl (C=O) groups excluding carboxylic acids is 1. The van der Waals surface area contributed by atoms with Crippen molar-refractivity contribution < 1.29 is 18.0 Å². The van der Waals surface area contributed by atoms with Crippen molar-refractivity contribution in [1.29, 1.82) is 0 Å². The van der Waals surface area contributed by atoms with Crippen LogP contribution in [0, 0.1) is 20.8 Å². The Balaban J connectivity index is 2.28. The van der Waals surface area contributed by atoms with Gasteiger partial charge < -0.3 is 5.32 Å². The second kappa shape index (κ2) is 8.42. The van der Waals surface area contributed by atoms with Crippen LogP contribution < -0.4 is 5.32 Å². The van der Waals surface area contributed by atoms with Gasteiger partial charge in [0.2, 0.25) is 5.91 Å². The van der Waals surface area contributed by atoms with E-state index in [0.29, 0.717) is 12.1 Å². The third-order valence-electron chi connectivity index (χ3n) is 4.33. The largest absolute Gasteiger partial charge is 0.399 e. The highest BCUT2D eigenvalue weighted by molar-refractivity contribution is 5.72. The van der Waals surface area contributed by atoms with Gasteiger partial charge in [-0.1, -0.05) is 59.7 Å². The topological polar surface area (TPSA) is 29.1 Å². The molecule has 2 aromatic rings. The van der Waals surface area contributed by atoms with Gasteiger partial charge in [-0.15, -0.1) is 0 Å². The molecule has 0 fully saturated rings. The average Bonchev–Trinajstić information content (AvgIpc) is 2.51. The molecule has 0 saturated carbocycles. The number of hydrogen-bond donors (Lipinski definition) is 1. The molecule has 2 aromatic carbocycles. The van der Waals surface area contributed by atoms with Gasteiger partial charge in [-0.05, 0) is 43.0 Å². The molecule has 0 aliphatic rings. The molecule has 0 aliphatic heterocycles. The lowest BCUT2D eigenvalue weighted by molar-refractivity contribution is -0.139. The molecule has 0 heterocycles. The van der Waals surface area contributed by atoms with Crippen molar-refractivity contribution in [3.63, 3.8) is 0 Å². The summed E-state index contributed by atoms with van der Waals surface area (Å²) in [4.78, 5) is 11.0. The van der Waals surface area contributed by atoms with E-state index in [9.17, 15) is 18.0 Å². The van der Waals surface area contributed by atoms with E-state index >= 15 is 0 Å². The molecule has 1 atom stereocenters. The highest BCUT2D eigenvalue weighted by atomic mass is 19.4. The van der Waals surface area contributed by atoms with E-state index in [4.69, 9.17) is 0 Å². The molecule has 5 heteroatoms. The van der Waals surface area contributed by atoms with E-state index in [-0.39, 0.29) is 11.5 Å². The normalized spacial score (nSPS) is 13.0. The maximum atomic E-state index is 13.6. The molecule has 1 unspecified atom stereocenters. The van der Waals surface area contributed by atoms with E-state index < -0.39 is 12.1 Å². The van der Waals surface area contributed by atoms with E-state index in [0.717, 1.165) is 22.3 Å². The van der Waals surface area contributed by atoms with Gasteiger partial charge in [0.15, 0.2) is 0 Å². The van der Waals surface area contributed by atoms with Crippen molar-refractivity contribution in [2.45, 2.75) is 46.3 Å². The van der Waals surface area contributed by atoms with Gasteiger partial charge >= 0.3 is 6.18 Å². The number of allylic oxidation sites excluding steroid dienone is 1. The number of hydrogen-bond acceptors (Lipinski definition) is 1. The first-order valence-corrected chi connectivity index (χ1v) is 8.73. The summed E-state index contributed by atoms with van der Waals surface area (Å²) >= 11 is 0. The molecule has 1 amide bonds. The fraction of sp³-hybridized carbons (Fsp3) is 0.318. The van der Waals surface area contributed by atoms with Crippen molar-refractivity contribution in [3.8, 4) is 0 Å². The van der Waals surface area contributed by atoms with E-state index in [1.807, 2.05) is 25.1 Å². The zero-order valence-electron chi connectivity index (χ0n) is 15.9. The smallest absolute Gasteiger partial charge is 0.352 e. The SMILES string of the molecule is CC(=O)NCc1ccc(/C=C/C(c2cc(C)cc(C)c2)C(F)(F)F)cc1C. The quantitative estimate of drug-likeness (QED) is 0.723. The third-order valence-corrected chi connectivity index (χ3v) is 4.33. The number of aryl methyl sites for hydroxylation is 3. The van der Waals surface area contributed by atoms with Gasteiger partial charge in [-0.25, -0.2) is 0 Å². The molecule has 0 radical (unpaired) electrons. The van der Waals surface area contributed by atoms with Crippen LogP contribution >= 0.6 is 0 Å². The number of rotatable bonds is 5. The standard InChI is InChI=1S/C22H24F3NO/c1-14-9-15(2)11-20(10-14)21(22(23,24)25)8-6-18-5-7-19(16(3)12-18)13-26-17(4)27/h5-12,21H,13H2,1-4H3,(H,26,27)/b8-6+. The van der Waals surface area contributed by atoms with Crippen LogP contribution in [0.4, 0.5) is 13.2 Å². The van der Waals surface area contributed by atoms with Crippen LogP contribution in [0.3, 0.4) is 0 Å². The van der Waals surface area contributed by atoms with E-state index in [1.54, 1.807) is 32.0 Å². The molecular formula is C22H24F3NO. The number of benzene rings is 2. The average molecular weight is 375 g/mol. The molecule has 2 rings (SSSR count). The lowest BCUT2D eigenvalue weighted by atomic mass is 9.93. The van der Waals surface area contributed by atoms with Gasteiger partial charge in [-0.3, -0.25) is 4.79 Å². The molecule has 0 saturated heterocycles. The van der Waals surface area contributed by atoms with Gasteiger partial charge in [0.25, 0.3) is 0 Å². The molecule has 0 bridgehead atoms. The Morgan fingerprint density at radius 3 is 2.22 bits per heavy atom. The zero-order valence-corrected chi connectivity index (χ0v) is 15.9. The maximum absolute atomic E-state index is 13.6. The Kier molecular flexibility index (Phi) is 6.47. The molecule has 27 heavy (non-hydrogen) atoms. The predicted octanol–water partition coefficient (Wildman–Crippen LogP) is 5.61. The number of amides is 1. The highest BCUT2D eigenvalue weighted by Gasteiger charge is 2.39. The van der Waals surface area contributed by atoms with E-state index in [2.05, 4.69) is 5.32 Å². The summed E-state index contributed by atoms with van der Waals surface area (Å²) < 4.78 is 40.8. The maximum Gasteiger partial charge on any atom is 0.399 e. The lowest BCUT2D eigenvalue weighted by Crippen LogP contribution is -2.19. The summed E-state index contributed by atoms with van der Waals surface area (Å²) in [7, 11) is 0. The summed E-state index contributed by atoms with van der Waals surface area (Å²) in [5, 5.41) is 2.72. The molecule has 0 aromatic heterocycles. The second-order valence-electron chi connectivity index (χ2n) is 6.90.